The molecule has 0 bridgehead atoms. The SMILES string of the molecule is C/C=C(\SCCC(c1ccccc1)c1ccccc1)[C@@H]1CCCCN1C(=O)C(=O)C(C)(C)CC. The van der Waals surface area contributed by atoms with E-state index in [0.29, 0.717) is 18.9 Å². The van der Waals surface area contributed by atoms with Gasteiger partial charge >= 0.3 is 0 Å². The Bertz CT molecular complexity index is 928. The Labute approximate surface area is 210 Å². The van der Waals surface area contributed by atoms with Crippen molar-refractivity contribution >= 4 is 23.5 Å². The zero-order chi connectivity index (χ0) is 24.6. The topological polar surface area (TPSA) is 37.4 Å². The van der Waals surface area contributed by atoms with Gasteiger partial charge in [0.25, 0.3) is 5.91 Å². The van der Waals surface area contributed by atoms with Crippen molar-refractivity contribution in [1.29, 1.82) is 0 Å². The minimum Gasteiger partial charge on any atom is -0.329 e. The smallest absolute Gasteiger partial charge is 0.291 e. The Morgan fingerprint density at radius 1 is 1.03 bits per heavy atom. The first-order valence-electron chi connectivity index (χ1n) is 12.6. The van der Waals surface area contributed by atoms with Gasteiger partial charge in [-0.25, -0.2) is 0 Å². The average Bonchev–Trinajstić information content (AvgIpc) is 2.89. The third-order valence-electron chi connectivity index (χ3n) is 7.15. The van der Waals surface area contributed by atoms with Crippen LogP contribution in [0, 0.1) is 5.41 Å². The second-order valence-electron chi connectivity index (χ2n) is 9.78. The fourth-order valence-corrected chi connectivity index (χ4v) is 5.81. The summed E-state index contributed by atoms with van der Waals surface area (Å²) in [5.74, 6) is 0.740. The first-order valence-corrected chi connectivity index (χ1v) is 13.6. The number of rotatable bonds is 10. The van der Waals surface area contributed by atoms with E-state index in [2.05, 4.69) is 73.7 Å². The van der Waals surface area contributed by atoms with Crippen molar-refractivity contribution in [2.45, 2.75) is 71.8 Å². The van der Waals surface area contributed by atoms with Crippen molar-refractivity contribution in [3.05, 3.63) is 82.8 Å². The van der Waals surface area contributed by atoms with E-state index in [-0.39, 0.29) is 17.7 Å². The van der Waals surface area contributed by atoms with Crippen LogP contribution < -0.4 is 0 Å². The lowest BCUT2D eigenvalue weighted by atomic mass is 9.84. The Morgan fingerprint density at radius 3 is 2.15 bits per heavy atom. The molecule has 4 heteroatoms. The summed E-state index contributed by atoms with van der Waals surface area (Å²) in [5, 5.41) is 0. The van der Waals surface area contributed by atoms with Crippen LogP contribution in [0.2, 0.25) is 0 Å². The maximum absolute atomic E-state index is 13.2. The zero-order valence-electron chi connectivity index (χ0n) is 21.1. The summed E-state index contributed by atoms with van der Waals surface area (Å²) in [6.07, 6.45) is 6.82. The summed E-state index contributed by atoms with van der Waals surface area (Å²) in [5.41, 5.74) is 2.05. The molecule has 0 N–H and O–H groups in total. The maximum atomic E-state index is 13.2. The van der Waals surface area contributed by atoms with Crippen LogP contribution in [0.1, 0.15) is 76.8 Å². The molecule has 182 valence electrons. The van der Waals surface area contributed by atoms with Crippen molar-refractivity contribution in [3.8, 4) is 0 Å². The van der Waals surface area contributed by atoms with Crippen LogP contribution in [0.15, 0.2) is 71.6 Å². The fraction of sp³-hybridized carbons (Fsp3) is 0.467. The molecule has 0 unspecified atom stereocenters. The number of piperidine rings is 1. The predicted molar refractivity (Wildman–Crippen MR) is 144 cm³/mol. The predicted octanol–water partition coefficient (Wildman–Crippen LogP) is 7.23. The molecule has 1 heterocycles. The van der Waals surface area contributed by atoms with Gasteiger partial charge in [0.1, 0.15) is 0 Å². The second kappa shape index (κ2) is 12.4. The lowest BCUT2D eigenvalue weighted by Crippen LogP contribution is -2.50. The van der Waals surface area contributed by atoms with Gasteiger partial charge in [-0.05, 0) is 55.9 Å². The standard InChI is InChI=1S/C30H39NO2S/c1-5-27(26-19-13-14-21-31(26)29(33)28(32)30(3,4)6-2)34-22-20-25(23-15-9-7-10-16-23)24-17-11-8-12-18-24/h5,7-12,15-18,25-26H,6,13-14,19-22H2,1-4H3/b27-5-/t26-/m0/s1. The van der Waals surface area contributed by atoms with Gasteiger partial charge in [-0.2, -0.15) is 0 Å². The quantitative estimate of drug-likeness (QED) is 0.339. The summed E-state index contributed by atoms with van der Waals surface area (Å²) in [6, 6.07) is 21.4. The summed E-state index contributed by atoms with van der Waals surface area (Å²) in [4.78, 5) is 29.3. The minimum atomic E-state index is -0.610. The summed E-state index contributed by atoms with van der Waals surface area (Å²) >= 11 is 1.85. The molecule has 34 heavy (non-hydrogen) atoms. The highest BCUT2D eigenvalue weighted by Crippen LogP contribution is 2.35. The van der Waals surface area contributed by atoms with E-state index in [1.54, 1.807) is 0 Å². The molecule has 1 amide bonds. The lowest BCUT2D eigenvalue weighted by Gasteiger charge is -2.38. The van der Waals surface area contributed by atoms with E-state index in [4.69, 9.17) is 0 Å². The van der Waals surface area contributed by atoms with E-state index in [1.807, 2.05) is 37.4 Å². The number of Topliss-reactive ketones (excluding diaryl/α,β-unsaturated/α-hetero) is 1. The number of hydrogen-bond donors (Lipinski definition) is 0. The molecule has 0 spiro atoms. The Morgan fingerprint density at radius 2 is 1.62 bits per heavy atom. The Balaban J connectivity index is 1.72. The highest BCUT2D eigenvalue weighted by Gasteiger charge is 2.38. The van der Waals surface area contributed by atoms with E-state index in [0.717, 1.165) is 31.4 Å². The fourth-order valence-electron chi connectivity index (χ4n) is 4.61. The van der Waals surface area contributed by atoms with E-state index < -0.39 is 5.41 Å². The molecule has 1 aliphatic rings. The molecule has 1 atom stereocenters. The molecule has 1 saturated heterocycles. The summed E-state index contributed by atoms with van der Waals surface area (Å²) in [6.45, 7) is 8.46. The molecule has 2 aromatic carbocycles. The average molecular weight is 478 g/mol. The molecule has 1 aliphatic heterocycles. The third-order valence-corrected chi connectivity index (χ3v) is 8.43. The molecule has 3 rings (SSSR count). The molecule has 2 aromatic rings. The lowest BCUT2D eigenvalue weighted by molar-refractivity contribution is -0.151. The van der Waals surface area contributed by atoms with Crippen LogP contribution in [0.5, 0.6) is 0 Å². The number of nitrogens with zero attached hydrogens (tertiary/aromatic N) is 1. The van der Waals surface area contributed by atoms with Gasteiger partial charge in [0, 0.05) is 22.8 Å². The molecule has 0 saturated carbocycles. The van der Waals surface area contributed by atoms with E-state index >= 15 is 0 Å². The van der Waals surface area contributed by atoms with Crippen LogP contribution in [-0.4, -0.2) is 34.9 Å². The number of likely N-dealkylation sites (tertiary alicyclic amines) is 1. The molecule has 1 fully saturated rings. The van der Waals surface area contributed by atoms with Crippen LogP contribution in [0.4, 0.5) is 0 Å². The molecule has 0 aromatic heterocycles. The van der Waals surface area contributed by atoms with Crippen molar-refractivity contribution in [3.63, 3.8) is 0 Å². The number of benzene rings is 2. The van der Waals surface area contributed by atoms with Crippen molar-refractivity contribution in [1.82, 2.24) is 4.90 Å². The minimum absolute atomic E-state index is 0.0137. The van der Waals surface area contributed by atoms with Gasteiger partial charge < -0.3 is 4.90 Å². The van der Waals surface area contributed by atoms with Crippen LogP contribution in [0.25, 0.3) is 0 Å². The van der Waals surface area contributed by atoms with E-state index in [9.17, 15) is 9.59 Å². The molecule has 0 radical (unpaired) electrons. The largest absolute Gasteiger partial charge is 0.329 e. The first-order chi connectivity index (χ1) is 16.4. The van der Waals surface area contributed by atoms with Gasteiger partial charge in [0.05, 0.1) is 6.04 Å². The van der Waals surface area contributed by atoms with Gasteiger partial charge in [0.2, 0.25) is 5.78 Å². The Hall–Kier alpha value is -2.33. The van der Waals surface area contributed by atoms with E-state index in [1.165, 1.54) is 16.0 Å². The van der Waals surface area contributed by atoms with Crippen LogP contribution in [-0.2, 0) is 9.59 Å². The van der Waals surface area contributed by atoms with Crippen molar-refractivity contribution in [2.75, 3.05) is 12.3 Å². The Kier molecular flexibility index (Phi) is 9.58. The zero-order valence-corrected chi connectivity index (χ0v) is 21.9. The molecular weight excluding hydrogens is 438 g/mol. The number of thioether (sulfide) groups is 1. The monoisotopic (exact) mass is 477 g/mol. The van der Waals surface area contributed by atoms with Crippen LogP contribution in [0.3, 0.4) is 0 Å². The first kappa shape index (κ1) is 26.3. The maximum Gasteiger partial charge on any atom is 0.291 e. The number of ketones is 1. The second-order valence-corrected chi connectivity index (χ2v) is 10.9. The van der Waals surface area contributed by atoms with Crippen molar-refractivity contribution in [2.24, 2.45) is 5.41 Å². The summed E-state index contributed by atoms with van der Waals surface area (Å²) < 4.78 is 0. The number of allylic oxidation sites excluding steroid dienone is 1. The molecule has 3 nitrogen and oxygen atoms in total. The third kappa shape index (κ3) is 6.41. The van der Waals surface area contributed by atoms with Gasteiger partial charge in [0.15, 0.2) is 0 Å². The van der Waals surface area contributed by atoms with Crippen molar-refractivity contribution < 1.29 is 9.59 Å². The number of amides is 1. The van der Waals surface area contributed by atoms with Gasteiger partial charge in [-0.3, -0.25) is 9.59 Å². The normalized spacial score (nSPS) is 17.1. The number of carbonyl (C=O) groups excluding carboxylic acids is 2. The molecular formula is C30H39NO2S. The van der Waals surface area contributed by atoms with Gasteiger partial charge in [-0.15, -0.1) is 11.8 Å². The highest BCUT2D eigenvalue weighted by atomic mass is 32.2. The van der Waals surface area contributed by atoms with Crippen LogP contribution >= 0.6 is 11.8 Å². The highest BCUT2D eigenvalue weighted by molar-refractivity contribution is 8.03. The summed E-state index contributed by atoms with van der Waals surface area (Å²) in [7, 11) is 0. The van der Waals surface area contributed by atoms with Gasteiger partial charge in [-0.1, -0.05) is 87.5 Å². The number of carbonyl (C=O) groups is 2. The molecule has 0 aliphatic carbocycles. The number of hydrogen-bond acceptors (Lipinski definition) is 3.